The molecule has 0 spiro atoms. The first-order valence-electron chi connectivity index (χ1n) is 9.04. The number of carbonyl (C=O) groups is 1. The number of aromatic nitrogens is 2. The molecular formula is C24H16ClN3O. The van der Waals surface area contributed by atoms with Crippen LogP contribution in [-0.2, 0) is 0 Å². The first-order chi connectivity index (χ1) is 14.1. The lowest BCUT2D eigenvalue weighted by Crippen LogP contribution is -2.05. The van der Waals surface area contributed by atoms with Gasteiger partial charge in [0, 0.05) is 16.1 Å². The van der Waals surface area contributed by atoms with Crippen molar-refractivity contribution in [1.82, 2.24) is 9.78 Å². The Labute approximate surface area is 173 Å². The van der Waals surface area contributed by atoms with Crippen LogP contribution in [0.5, 0.6) is 0 Å². The van der Waals surface area contributed by atoms with Crippen molar-refractivity contribution in [2.75, 3.05) is 0 Å². The summed E-state index contributed by atoms with van der Waals surface area (Å²) < 4.78 is 1.66. The minimum atomic E-state index is -0.318. The predicted octanol–water partition coefficient (Wildman–Crippen LogP) is 5.60. The van der Waals surface area contributed by atoms with Crippen molar-refractivity contribution in [3.05, 3.63) is 106 Å². The Morgan fingerprint density at radius 1 is 0.966 bits per heavy atom. The molecule has 0 N–H and O–H groups in total. The smallest absolute Gasteiger partial charge is 0.214 e. The van der Waals surface area contributed by atoms with Gasteiger partial charge in [0.25, 0.3) is 0 Å². The number of hydrogen-bond acceptors (Lipinski definition) is 3. The molecule has 1 aromatic heterocycles. The summed E-state index contributed by atoms with van der Waals surface area (Å²) in [6, 6.07) is 26.1. The van der Waals surface area contributed by atoms with Gasteiger partial charge in [-0.05, 0) is 43.3 Å². The summed E-state index contributed by atoms with van der Waals surface area (Å²) in [5.74, 6) is -0.318. The number of nitrogens with zero attached hydrogens (tertiary/aromatic N) is 3. The largest absolute Gasteiger partial charge is 0.287 e. The number of hydrogen-bond donors (Lipinski definition) is 0. The Hall–Kier alpha value is -3.68. The summed E-state index contributed by atoms with van der Waals surface area (Å²) in [5.41, 5.74) is 4.09. The Kier molecular flexibility index (Phi) is 4.99. The SMILES string of the molecule is Cc1ccc(-n2nc(C(=O)c3ccc(Cl)cc3)c(C#N)c2-c2ccccc2)cc1. The maximum atomic E-state index is 13.1. The van der Waals surface area contributed by atoms with E-state index >= 15 is 0 Å². The van der Waals surface area contributed by atoms with Crippen LogP contribution in [0.4, 0.5) is 0 Å². The van der Waals surface area contributed by atoms with Gasteiger partial charge in [-0.2, -0.15) is 10.4 Å². The fraction of sp³-hybridized carbons (Fsp3) is 0.0417. The maximum absolute atomic E-state index is 13.1. The van der Waals surface area contributed by atoms with Gasteiger partial charge < -0.3 is 0 Å². The van der Waals surface area contributed by atoms with Crippen molar-refractivity contribution in [2.24, 2.45) is 0 Å². The van der Waals surface area contributed by atoms with E-state index in [0.29, 0.717) is 16.3 Å². The number of halogens is 1. The van der Waals surface area contributed by atoms with Crippen molar-refractivity contribution >= 4 is 17.4 Å². The lowest BCUT2D eigenvalue weighted by molar-refractivity contribution is 0.103. The summed E-state index contributed by atoms with van der Waals surface area (Å²) in [4.78, 5) is 13.1. The molecule has 5 heteroatoms. The molecular weight excluding hydrogens is 382 g/mol. The predicted molar refractivity (Wildman–Crippen MR) is 113 cm³/mol. The average molecular weight is 398 g/mol. The van der Waals surface area contributed by atoms with Crippen LogP contribution in [0.25, 0.3) is 16.9 Å². The van der Waals surface area contributed by atoms with Crippen LogP contribution in [0.3, 0.4) is 0 Å². The Balaban J connectivity index is 1.95. The zero-order valence-corrected chi connectivity index (χ0v) is 16.4. The van der Waals surface area contributed by atoms with Gasteiger partial charge in [0.1, 0.15) is 11.6 Å². The highest BCUT2D eigenvalue weighted by molar-refractivity contribution is 6.30. The van der Waals surface area contributed by atoms with Gasteiger partial charge in [0.2, 0.25) is 5.78 Å². The summed E-state index contributed by atoms with van der Waals surface area (Å²) >= 11 is 5.94. The lowest BCUT2D eigenvalue weighted by atomic mass is 10.0. The van der Waals surface area contributed by atoms with Crippen LogP contribution in [0.1, 0.15) is 27.2 Å². The van der Waals surface area contributed by atoms with E-state index in [-0.39, 0.29) is 17.0 Å². The van der Waals surface area contributed by atoms with Crippen LogP contribution in [0.2, 0.25) is 5.02 Å². The maximum Gasteiger partial charge on any atom is 0.214 e. The summed E-state index contributed by atoms with van der Waals surface area (Å²) in [7, 11) is 0. The molecule has 0 atom stereocenters. The van der Waals surface area contributed by atoms with E-state index < -0.39 is 0 Å². The van der Waals surface area contributed by atoms with E-state index in [1.807, 2.05) is 61.5 Å². The van der Waals surface area contributed by atoms with Crippen LogP contribution >= 0.6 is 11.6 Å². The molecule has 29 heavy (non-hydrogen) atoms. The summed E-state index contributed by atoms with van der Waals surface area (Å²) in [6.07, 6.45) is 0. The fourth-order valence-electron chi connectivity index (χ4n) is 3.16. The van der Waals surface area contributed by atoms with Crippen molar-refractivity contribution in [2.45, 2.75) is 6.92 Å². The Bertz CT molecular complexity index is 1220. The Morgan fingerprint density at radius 3 is 2.24 bits per heavy atom. The highest BCUT2D eigenvalue weighted by Crippen LogP contribution is 2.30. The minimum absolute atomic E-state index is 0.120. The third-order valence-electron chi connectivity index (χ3n) is 4.64. The van der Waals surface area contributed by atoms with Crippen LogP contribution < -0.4 is 0 Å². The number of nitriles is 1. The monoisotopic (exact) mass is 397 g/mol. The average Bonchev–Trinajstić information content (AvgIpc) is 3.14. The third-order valence-corrected chi connectivity index (χ3v) is 4.90. The van der Waals surface area contributed by atoms with Crippen molar-refractivity contribution in [1.29, 1.82) is 5.26 Å². The van der Waals surface area contributed by atoms with E-state index in [1.54, 1.807) is 28.9 Å². The second-order valence-corrected chi connectivity index (χ2v) is 7.07. The molecule has 0 bridgehead atoms. The molecule has 0 aliphatic heterocycles. The Morgan fingerprint density at radius 2 is 1.62 bits per heavy atom. The molecule has 0 saturated carbocycles. The molecule has 0 unspecified atom stereocenters. The molecule has 0 amide bonds. The molecule has 4 nitrogen and oxygen atoms in total. The topological polar surface area (TPSA) is 58.7 Å². The second kappa shape index (κ2) is 7.75. The molecule has 0 fully saturated rings. The zero-order valence-electron chi connectivity index (χ0n) is 15.6. The van der Waals surface area contributed by atoms with Crippen molar-refractivity contribution in [3.63, 3.8) is 0 Å². The van der Waals surface area contributed by atoms with Crippen molar-refractivity contribution in [3.8, 4) is 23.0 Å². The van der Waals surface area contributed by atoms with Crippen LogP contribution in [0.15, 0.2) is 78.9 Å². The number of benzene rings is 3. The molecule has 0 saturated heterocycles. The first-order valence-corrected chi connectivity index (χ1v) is 9.42. The molecule has 4 aromatic rings. The minimum Gasteiger partial charge on any atom is -0.287 e. The van der Waals surface area contributed by atoms with Crippen LogP contribution in [0, 0.1) is 18.3 Å². The van der Waals surface area contributed by atoms with E-state index in [1.165, 1.54) is 0 Å². The molecule has 0 aliphatic rings. The lowest BCUT2D eigenvalue weighted by Gasteiger charge is -2.08. The molecule has 4 rings (SSSR count). The highest BCUT2D eigenvalue weighted by Gasteiger charge is 2.25. The zero-order chi connectivity index (χ0) is 20.4. The molecule has 0 radical (unpaired) electrons. The van der Waals surface area contributed by atoms with Gasteiger partial charge in [-0.1, -0.05) is 59.6 Å². The van der Waals surface area contributed by atoms with Gasteiger partial charge in [-0.25, -0.2) is 4.68 Å². The van der Waals surface area contributed by atoms with Crippen molar-refractivity contribution < 1.29 is 4.79 Å². The third kappa shape index (κ3) is 3.56. The summed E-state index contributed by atoms with van der Waals surface area (Å²) in [6.45, 7) is 2.00. The number of rotatable bonds is 4. The number of carbonyl (C=O) groups excluding carboxylic acids is 1. The molecule has 1 heterocycles. The van der Waals surface area contributed by atoms with E-state index in [2.05, 4.69) is 11.2 Å². The van der Waals surface area contributed by atoms with Gasteiger partial charge >= 0.3 is 0 Å². The fourth-order valence-corrected chi connectivity index (χ4v) is 3.28. The molecule has 0 aliphatic carbocycles. The van der Waals surface area contributed by atoms with E-state index in [9.17, 15) is 10.1 Å². The number of aryl methyl sites for hydroxylation is 1. The van der Waals surface area contributed by atoms with Gasteiger partial charge in [-0.3, -0.25) is 4.79 Å². The highest BCUT2D eigenvalue weighted by atomic mass is 35.5. The van der Waals surface area contributed by atoms with Gasteiger partial charge in [0.15, 0.2) is 5.69 Å². The normalized spacial score (nSPS) is 10.5. The van der Waals surface area contributed by atoms with E-state index in [0.717, 1.165) is 16.8 Å². The molecule has 3 aromatic carbocycles. The van der Waals surface area contributed by atoms with Gasteiger partial charge in [0.05, 0.1) is 11.4 Å². The van der Waals surface area contributed by atoms with E-state index in [4.69, 9.17) is 11.6 Å². The van der Waals surface area contributed by atoms with Crippen LogP contribution in [-0.4, -0.2) is 15.6 Å². The molecule has 140 valence electrons. The van der Waals surface area contributed by atoms with Gasteiger partial charge in [-0.15, -0.1) is 0 Å². The summed E-state index contributed by atoms with van der Waals surface area (Å²) in [5, 5.41) is 15.0. The quantitative estimate of drug-likeness (QED) is 0.421. The second-order valence-electron chi connectivity index (χ2n) is 6.63. The number of ketones is 1. The standard InChI is InChI=1S/C24H16ClN3O/c1-16-7-13-20(14-8-16)28-23(17-5-3-2-4-6-17)21(15-26)22(27-28)24(29)18-9-11-19(25)12-10-18/h2-14H,1H3. The first kappa shape index (κ1) is 18.7.